The monoisotopic (exact) mass is 462 g/mol. The fourth-order valence-corrected chi connectivity index (χ4v) is 4.98. The summed E-state index contributed by atoms with van der Waals surface area (Å²) in [6.45, 7) is 2.27. The van der Waals surface area contributed by atoms with Crippen molar-refractivity contribution in [2.24, 2.45) is 0 Å². The number of imide groups is 2. The number of nitrogens with zero attached hydrogens (tertiary/aromatic N) is 2. The fraction of sp³-hybridized carbons (Fsp3) is 0.360. The quantitative estimate of drug-likeness (QED) is 0.533. The summed E-state index contributed by atoms with van der Waals surface area (Å²) in [7, 11) is 0. The van der Waals surface area contributed by atoms with E-state index < -0.39 is 35.8 Å². The average molecular weight is 463 g/mol. The minimum atomic E-state index is -0.983. The normalized spacial score (nSPS) is 24.6. The number of carbonyl (C=O) groups excluding carboxylic acids is 4. The Hall–Kier alpha value is -3.40. The van der Waals surface area contributed by atoms with Gasteiger partial charge in [-0.15, -0.1) is 0 Å². The lowest BCUT2D eigenvalue weighted by molar-refractivity contribution is -0.136. The molecular formula is C25H26N4O5. The zero-order valence-electron chi connectivity index (χ0n) is 18.6. The summed E-state index contributed by atoms with van der Waals surface area (Å²) >= 11 is 0. The molecule has 0 aliphatic carbocycles. The van der Waals surface area contributed by atoms with Crippen molar-refractivity contribution in [1.29, 1.82) is 0 Å². The smallest absolute Gasteiger partial charge is 0.262 e. The van der Waals surface area contributed by atoms with Crippen molar-refractivity contribution < 1.29 is 24.3 Å². The van der Waals surface area contributed by atoms with Crippen LogP contribution in [0.25, 0.3) is 0 Å². The summed E-state index contributed by atoms with van der Waals surface area (Å²) in [5.74, 6) is -2.06. The van der Waals surface area contributed by atoms with E-state index in [0.717, 1.165) is 16.0 Å². The zero-order valence-corrected chi connectivity index (χ0v) is 18.6. The highest BCUT2D eigenvalue weighted by atomic mass is 16.3. The van der Waals surface area contributed by atoms with Crippen molar-refractivity contribution in [2.45, 2.75) is 44.1 Å². The molecule has 3 aliphatic heterocycles. The molecule has 2 fully saturated rings. The number of carbonyl (C=O) groups is 4. The van der Waals surface area contributed by atoms with Gasteiger partial charge < -0.3 is 10.4 Å². The molecule has 2 saturated heterocycles. The molecule has 0 spiro atoms. The number of piperidine rings is 1. The minimum Gasteiger partial charge on any atom is -0.390 e. The zero-order chi connectivity index (χ0) is 23.8. The van der Waals surface area contributed by atoms with Crippen LogP contribution in [-0.4, -0.2) is 69.8 Å². The summed E-state index contributed by atoms with van der Waals surface area (Å²) in [5.41, 5.74) is 2.46. The molecule has 34 heavy (non-hydrogen) atoms. The molecule has 2 aromatic rings. The van der Waals surface area contributed by atoms with E-state index >= 15 is 0 Å². The number of rotatable bonds is 6. The third-order valence-corrected chi connectivity index (χ3v) is 6.74. The van der Waals surface area contributed by atoms with Crippen molar-refractivity contribution in [3.63, 3.8) is 0 Å². The van der Waals surface area contributed by atoms with E-state index in [1.807, 2.05) is 36.4 Å². The van der Waals surface area contributed by atoms with Gasteiger partial charge in [-0.05, 0) is 29.7 Å². The van der Waals surface area contributed by atoms with Crippen LogP contribution in [0.1, 0.15) is 44.7 Å². The predicted molar refractivity (Wildman–Crippen MR) is 121 cm³/mol. The largest absolute Gasteiger partial charge is 0.390 e. The minimum absolute atomic E-state index is 0.0846. The maximum Gasteiger partial charge on any atom is 0.262 e. The van der Waals surface area contributed by atoms with Crippen LogP contribution >= 0.6 is 0 Å². The van der Waals surface area contributed by atoms with Crippen LogP contribution in [-0.2, 0) is 22.7 Å². The molecule has 9 nitrogen and oxygen atoms in total. The highest BCUT2D eigenvalue weighted by Gasteiger charge is 2.44. The van der Waals surface area contributed by atoms with E-state index in [1.54, 1.807) is 12.1 Å². The second kappa shape index (κ2) is 9.09. The first-order chi connectivity index (χ1) is 16.4. The van der Waals surface area contributed by atoms with Crippen molar-refractivity contribution in [3.8, 4) is 0 Å². The van der Waals surface area contributed by atoms with Crippen molar-refractivity contribution in [2.75, 3.05) is 13.1 Å². The van der Waals surface area contributed by atoms with Gasteiger partial charge in [0.1, 0.15) is 6.04 Å². The van der Waals surface area contributed by atoms with Gasteiger partial charge in [-0.3, -0.25) is 34.3 Å². The Morgan fingerprint density at radius 1 is 0.912 bits per heavy atom. The Kier molecular flexibility index (Phi) is 5.99. The summed E-state index contributed by atoms with van der Waals surface area (Å²) in [4.78, 5) is 53.0. The average Bonchev–Trinajstić information content (AvgIpc) is 3.35. The number of β-amino-alcohol motifs (C(OH)–C–C–N with tert-alkyl or cyclic N) is 1. The van der Waals surface area contributed by atoms with Crippen LogP contribution in [0.5, 0.6) is 0 Å². The van der Waals surface area contributed by atoms with Crippen LogP contribution < -0.4 is 10.6 Å². The Labute approximate surface area is 196 Å². The van der Waals surface area contributed by atoms with Gasteiger partial charge in [-0.25, -0.2) is 0 Å². The summed E-state index contributed by atoms with van der Waals surface area (Å²) in [6, 6.07) is 14.0. The van der Waals surface area contributed by atoms with E-state index in [4.69, 9.17) is 0 Å². The summed E-state index contributed by atoms with van der Waals surface area (Å²) < 4.78 is 0. The topological polar surface area (TPSA) is 119 Å². The highest BCUT2D eigenvalue weighted by molar-refractivity contribution is 6.23. The first-order valence-electron chi connectivity index (χ1n) is 11.4. The molecule has 176 valence electrons. The molecule has 5 rings (SSSR count). The number of amides is 4. The number of aliphatic hydroxyl groups excluding tert-OH is 1. The summed E-state index contributed by atoms with van der Waals surface area (Å²) in [5, 5.41) is 15.9. The molecule has 2 aromatic carbocycles. The van der Waals surface area contributed by atoms with Gasteiger partial charge in [-0.1, -0.05) is 36.4 Å². The third kappa shape index (κ3) is 4.13. The first kappa shape index (κ1) is 22.4. The molecule has 3 heterocycles. The van der Waals surface area contributed by atoms with E-state index in [-0.39, 0.29) is 30.0 Å². The number of benzene rings is 2. The molecule has 3 atom stereocenters. The van der Waals surface area contributed by atoms with Gasteiger partial charge in [-0.2, -0.15) is 0 Å². The van der Waals surface area contributed by atoms with Crippen LogP contribution in [0, 0.1) is 0 Å². The van der Waals surface area contributed by atoms with E-state index in [0.29, 0.717) is 26.2 Å². The van der Waals surface area contributed by atoms with Gasteiger partial charge in [0.2, 0.25) is 11.8 Å². The first-order valence-corrected chi connectivity index (χ1v) is 11.4. The molecule has 3 N–H and O–H groups in total. The number of aliphatic hydroxyl groups is 1. The Morgan fingerprint density at radius 3 is 2.35 bits per heavy atom. The fourth-order valence-electron chi connectivity index (χ4n) is 4.98. The molecule has 3 aliphatic rings. The third-order valence-electron chi connectivity index (χ3n) is 6.74. The van der Waals surface area contributed by atoms with Gasteiger partial charge in [0.25, 0.3) is 11.8 Å². The van der Waals surface area contributed by atoms with Crippen LogP contribution in [0.15, 0.2) is 48.5 Å². The van der Waals surface area contributed by atoms with Crippen LogP contribution in [0.2, 0.25) is 0 Å². The van der Waals surface area contributed by atoms with Crippen molar-refractivity contribution in [3.05, 3.63) is 70.8 Å². The molecule has 4 amide bonds. The molecule has 0 bridgehead atoms. The Balaban J connectivity index is 1.39. The number of fused-ring (bicyclic) bond motifs is 1. The molecule has 0 aromatic heterocycles. The molecule has 1 unspecified atom stereocenters. The second-order valence-electron chi connectivity index (χ2n) is 9.01. The van der Waals surface area contributed by atoms with Gasteiger partial charge >= 0.3 is 0 Å². The maximum absolute atomic E-state index is 13.1. The van der Waals surface area contributed by atoms with Crippen LogP contribution in [0.4, 0.5) is 0 Å². The van der Waals surface area contributed by atoms with E-state index in [9.17, 15) is 24.3 Å². The lowest BCUT2D eigenvalue weighted by atomic mass is 10.0. The van der Waals surface area contributed by atoms with Crippen LogP contribution in [0.3, 0.4) is 0 Å². The van der Waals surface area contributed by atoms with Gasteiger partial charge in [0.05, 0.1) is 17.2 Å². The lowest BCUT2D eigenvalue weighted by Crippen LogP contribution is -2.54. The molecule has 0 saturated carbocycles. The van der Waals surface area contributed by atoms with Gasteiger partial charge in [0, 0.05) is 38.6 Å². The van der Waals surface area contributed by atoms with E-state index in [2.05, 4.69) is 15.5 Å². The maximum atomic E-state index is 13.1. The highest BCUT2D eigenvalue weighted by Crippen LogP contribution is 2.29. The predicted octanol–water partition coefficient (Wildman–Crippen LogP) is 0.423. The number of nitrogens with one attached hydrogen (secondary N) is 2. The number of hydrogen-bond acceptors (Lipinski definition) is 7. The second-order valence-corrected chi connectivity index (χ2v) is 9.01. The van der Waals surface area contributed by atoms with Crippen molar-refractivity contribution in [1.82, 2.24) is 20.4 Å². The lowest BCUT2D eigenvalue weighted by Gasteiger charge is -2.30. The summed E-state index contributed by atoms with van der Waals surface area (Å²) in [6.07, 6.45) is -0.300. The van der Waals surface area contributed by atoms with Crippen molar-refractivity contribution >= 4 is 23.6 Å². The number of hydrogen-bond donors (Lipinski definition) is 3. The molecule has 9 heteroatoms. The molecular weight excluding hydrogens is 436 g/mol. The Morgan fingerprint density at radius 2 is 1.65 bits per heavy atom. The Bertz CT molecular complexity index is 1150. The standard InChI is InChI=1S/C25H26N4O5/c30-21-12-26-11-20(21)28(13-15-4-2-1-3-5-15)14-16-6-7-17-18(10-16)25(34)29(24(17)33)19-8-9-22(31)27-23(19)32/h1-7,10,19-21,26,30H,8-9,11-14H2,(H,27,31,32)/t19?,20-,21-/m1/s1. The SMILES string of the molecule is O=C1CCC(N2C(=O)c3ccc(CN(Cc4ccccc4)[C@@H]4CNC[C@H]4O)cc3C2=O)C(=O)N1. The van der Waals surface area contributed by atoms with E-state index in [1.165, 1.54) is 0 Å². The van der Waals surface area contributed by atoms with Gasteiger partial charge in [0.15, 0.2) is 0 Å². The molecule has 0 radical (unpaired) electrons.